The molecule has 6 aliphatic rings. The van der Waals surface area contributed by atoms with E-state index in [2.05, 4.69) is 86.4 Å². The predicted molar refractivity (Wildman–Crippen MR) is 261 cm³/mol. The van der Waals surface area contributed by atoms with Crippen LogP contribution in [-0.2, 0) is 14.4 Å². The van der Waals surface area contributed by atoms with Gasteiger partial charge in [0.25, 0.3) is 17.4 Å². The lowest BCUT2D eigenvalue weighted by atomic mass is 9.49. The fourth-order valence-electron chi connectivity index (χ4n) is 12.8. The van der Waals surface area contributed by atoms with Crippen LogP contribution in [0.2, 0.25) is 5.02 Å². The lowest BCUT2D eigenvalue weighted by Gasteiger charge is -2.63. The number of aromatic nitrogens is 3. The molecule has 6 fully saturated rings. The van der Waals surface area contributed by atoms with E-state index in [1.807, 2.05) is 18.2 Å². The summed E-state index contributed by atoms with van der Waals surface area (Å²) in [5.41, 5.74) is 2.69. The number of ether oxygens (including phenoxy) is 1. The van der Waals surface area contributed by atoms with Crippen LogP contribution >= 0.6 is 11.6 Å². The van der Waals surface area contributed by atoms with Crippen molar-refractivity contribution in [3.8, 4) is 11.8 Å². The van der Waals surface area contributed by atoms with Crippen LogP contribution in [0.4, 0.5) is 11.4 Å². The molecule has 4 amide bonds. The Labute approximate surface area is 407 Å². The SMILES string of the molecule is CC1(C)C(NC(=O)c2ccc(N3CCN(C4CC5(CCN(C(=O)C6CCN(c7ccc8nnn(C9CCC(=O)NC9=O)c(=O)c8c7)CC6)CC5)C4)CC3)cc2)C(C)(C)C1Oc1ccc(C#N)c(Cl)c1. The van der Waals surface area contributed by atoms with Crippen LogP contribution in [0.1, 0.15) is 101 Å². The maximum atomic E-state index is 13.8. The molecule has 1 unspecified atom stereocenters. The van der Waals surface area contributed by atoms with Crippen molar-refractivity contribution in [2.24, 2.45) is 22.2 Å². The maximum absolute atomic E-state index is 13.8. The number of likely N-dealkylation sites (tertiary alicyclic amines) is 1. The monoisotopic (exact) mass is 956 g/mol. The molecule has 16 nitrogen and oxygen atoms in total. The van der Waals surface area contributed by atoms with Crippen molar-refractivity contribution in [1.29, 1.82) is 5.26 Å². The number of piperazine rings is 1. The Morgan fingerprint density at radius 1 is 0.826 bits per heavy atom. The fourth-order valence-corrected chi connectivity index (χ4v) is 13.0. The van der Waals surface area contributed by atoms with Gasteiger partial charge in [0.05, 0.1) is 16.0 Å². The summed E-state index contributed by atoms with van der Waals surface area (Å²) in [5.74, 6) is -0.153. The number of hydrogen-bond donors (Lipinski definition) is 2. The maximum Gasteiger partial charge on any atom is 0.278 e. The minimum atomic E-state index is -0.876. The molecule has 4 saturated heterocycles. The summed E-state index contributed by atoms with van der Waals surface area (Å²) < 4.78 is 7.49. The minimum Gasteiger partial charge on any atom is -0.489 e. The van der Waals surface area contributed by atoms with Gasteiger partial charge in [0, 0.05) is 111 Å². The Morgan fingerprint density at radius 2 is 1.49 bits per heavy atom. The van der Waals surface area contributed by atoms with Gasteiger partial charge in [0.1, 0.15) is 29.5 Å². The van der Waals surface area contributed by atoms with Crippen LogP contribution in [0.3, 0.4) is 0 Å². The molecule has 2 aliphatic carbocycles. The van der Waals surface area contributed by atoms with Crippen LogP contribution < -0.4 is 30.7 Å². The number of nitriles is 1. The summed E-state index contributed by atoms with van der Waals surface area (Å²) >= 11 is 6.27. The first-order valence-electron chi connectivity index (χ1n) is 24.6. The molecule has 3 aromatic carbocycles. The third-order valence-corrected chi connectivity index (χ3v) is 16.9. The van der Waals surface area contributed by atoms with E-state index in [1.54, 1.807) is 30.3 Å². The number of carbonyl (C=O) groups excluding carboxylic acids is 4. The van der Waals surface area contributed by atoms with E-state index in [0.717, 1.165) is 81.0 Å². The molecule has 4 aliphatic heterocycles. The zero-order valence-electron chi connectivity index (χ0n) is 39.9. The van der Waals surface area contributed by atoms with Crippen molar-refractivity contribution in [2.75, 3.05) is 62.2 Å². The number of halogens is 1. The van der Waals surface area contributed by atoms with E-state index in [0.29, 0.717) is 57.3 Å². The highest BCUT2D eigenvalue weighted by Gasteiger charge is 2.64. The number of nitrogens with one attached hydrogen (secondary N) is 2. The van der Waals surface area contributed by atoms with Gasteiger partial charge in [-0.1, -0.05) is 44.5 Å². The van der Waals surface area contributed by atoms with Crippen molar-refractivity contribution in [1.82, 2.24) is 35.4 Å². The minimum absolute atomic E-state index is 0.0187. The molecule has 1 aromatic heterocycles. The first-order chi connectivity index (χ1) is 33.0. The summed E-state index contributed by atoms with van der Waals surface area (Å²) in [6, 6.07) is 20.3. The molecular formula is C52H61ClN10O6. The third-order valence-electron chi connectivity index (χ3n) is 16.6. The smallest absolute Gasteiger partial charge is 0.278 e. The molecule has 2 saturated carbocycles. The van der Waals surface area contributed by atoms with Crippen molar-refractivity contribution in [3.05, 3.63) is 87.2 Å². The quantitative estimate of drug-likeness (QED) is 0.195. The molecule has 0 bridgehead atoms. The highest BCUT2D eigenvalue weighted by atomic mass is 35.5. The first-order valence-corrected chi connectivity index (χ1v) is 24.9. The van der Waals surface area contributed by atoms with Gasteiger partial charge < -0.3 is 24.8 Å². The van der Waals surface area contributed by atoms with Crippen molar-refractivity contribution in [2.45, 2.75) is 103 Å². The van der Waals surface area contributed by atoms with Gasteiger partial charge in [-0.2, -0.15) is 9.94 Å². The molecular weight excluding hydrogens is 896 g/mol. The lowest BCUT2D eigenvalue weighted by Crippen LogP contribution is -2.74. The number of fused-ring (bicyclic) bond motifs is 1. The van der Waals surface area contributed by atoms with Gasteiger partial charge in [-0.15, -0.1) is 5.10 Å². The summed E-state index contributed by atoms with van der Waals surface area (Å²) in [6.45, 7) is 15.3. The van der Waals surface area contributed by atoms with Crippen molar-refractivity contribution >= 4 is 57.5 Å². The number of amides is 4. The summed E-state index contributed by atoms with van der Waals surface area (Å²) in [7, 11) is 0. The number of benzene rings is 3. The van der Waals surface area contributed by atoms with E-state index in [4.69, 9.17) is 16.3 Å². The number of nitrogens with zero attached hydrogens (tertiary/aromatic N) is 8. The largest absolute Gasteiger partial charge is 0.489 e. The molecule has 17 heteroatoms. The zero-order chi connectivity index (χ0) is 48.4. The van der Waals surface area contributed by atoms with Crippen LogP contribution in [0.25, 0.3) is 10.9 Å². The molecule has 4 aromatic rings. The molecule has 362 valence electrons. The first kappa shape index (κ1) is 46.7. The van der Waals surface area contributed by atoms with Crippen molar-refractivity contribution < 1.29 is 23.9 Å². The molecule has 5 heterocycles. The Bertz CT molecular complexity index is 2760. The second kappa shape index (κ2) is 18.0. The second-order valence-electron chi connectivity index (χ2n) is 21.5. The Kier molecular flexibility index (Phi) is 12.2. The van der Waals surface area contributed by atoms with Gasteiger partial charge in [-0.3, -0.25) is 34.2 Å². The molecule has 2 N–H and O–H groups in total. The topological polar surface area (TPSA) is 186 Å². The number of piperidine rings is 3. The number of hydrogen-bond acceptors (Lipinski definition) is 12. The number of anilines is 2. The average molecular weight is 958 g/mol. The highest BCUT2D eigenvalue weighted by molar-refractivity contribution is 6.31. The van der Waals surface area contributed by atoms with Gasteiger partial charge in [0.2, 0.25) is 11.8 Å². The Hall–Kier alpha value is -6.05. The van der Waals surface area contributed by atoms with E-state index >= 15 is 0 Å². The predicted octanol–water partition coefficient (Wildman–Crippen LogP) is 5.72. The molecule has 69 heavy (non-hydrogen) atoms. The molecule has 0 radical (unpaired) electrons. The standard InChI is InChI=1S/C52H61ClN10O6/c1-50(2)48(51(3,4)49(50)69-38-11-7-34(31-54)40(53)28-38)56-44(65)32-5-8-35(9-6-32)60-23-25-61(26-24-60)37-29-52(30-37)17-21-62(22-18-52)46(67)33-15-19-59(20-16-33)36-10-12-41-39(27-36)47(68)63(58-57-41)42-13-14-43(64)55-45(42)66/h5-12,27-28,33,37,42,48-49H,13-26,29-30H2,1-4H3,(H,56,65)(H,55,64,66). The van der Waals surface area contributed by atoms with E-state index in [-0.39, 0.29) is 59.5 Å². The van der Waals surface area contributed by atoms with E-state index < -0.39 is 17.5 Å². The van der Waals surface area contributed by atoms with Crippen LogP contribution in [0, 0.1) is 33.5 Å². The normalized spacial score (nSPS) is 24.8. The van der Waals surface area contributed by atoms with E-state index in [9.17, 15) is 29.2 Å². The number of carbonyl (C=O) groups is 4. The lowest BCUT2D eigenvalue weighted by molar-refractivity contribution is -0.164. The summed E-state index contributed by atoms with van der Waals surface area (Å²) in [5, 5.41) is 23.8. The van der Waals surface area contributed by atoms with Gasteiger partial charge >= 0.3 is 0 Å². The fraction of sp³-hybridized carbons (Fsp3) is 0.538. The van der Waals surface area contributed by atoms with Gasteiger partial charge in [-0.25, -0.2) is 0 Å². The van der Waals surface area contributed by atoms with Gasteiger partial charge in [-0.05, 0) is 105 Å². The Morgan fingerprint density at radius 3 is 2.14 bits per heavy atom. The summed E-state index contributed by atoms with van der Waals surface area (Å²) in [6.07, 6.45) is 6.15. The second-order valence-corrected chi connectivity index (χ2v) is 21.9. The van der Waals surface area contributed by atoms with Crippen LogP contribution in [0.15, 0.2) is 65.5 Å². The number of imide groups is 1. The van der Waals surface area contributed by atoms with E-state index in [1.165, 1.54) is 12.8 Å². The van der Waals surface area contributed by atoms with Crippen LogP contribution in [-0.4, -0.2) is 119 Å². The number of rotatable bonds is 9. The summed E-state index contributed by atoms with van der Waals surface area (Å²) in [4.78, 5) is 74.4. The highest BCUT2D eigenvalue weighted by Crippen LogP contribution is 2.56. The van der Waals surface area contributed by atoms with Crippen LogP contribution in [0.5, 0.6) is 5.75 Å². The molecule has 10 rings (SSSR count). The zero-order valence-corrected chi connectivity index (χ0v) is 40.6. The Balaban J connectivity index is 0.652. The van der Waals surface area contributed by atoms with Crippen molar-refractivity contribution in [3.63, 3.8) is 0 Å². The third kappa shape index (κ3) is 8.70. The molecule has 1 spiro atoms. The molecule has 1 atom stereocenters. The average Bonchev–Trinajstić information content (AvgIpc) is 3.34. The van der Waals surface area contributed by atoms with Gasteiger partial charge in [0.15, 0.2) is 0 Å².